The Labute approximate surface area is 105 Å². The van der Waals surface area contributed by atoms with Gasteiger partial charge in [0.2, 0.25) is 0 Å². The molecular weight excluding hydrogens is 238 g/mol. The number of halogens is 1. The maximum atomic E-state index is 6.11. The molecular formula is C11H14ClN5. The second-order valence-electron chi connectivity index (χ2n) is 3.80. The Morgan fingerprint density at radius 1 is 1.41 bits per heavy atom. The van der Waals surface area contributed by atoms with E-state index in [2.05, 4.69) is 20.8 Å². The summed E-state index contributed by atoms with van der Waals surface area (Å²) in [6, 6.07) is 7.79. The minimum atomic E-state index is 0.104. The number of tetrazole rings is 1. The molecule has 0 radical (unpaired) electrons. The summed E-state index contributed by atoms with van der Waals surface area (Å²) in [5, 5.41) is 15.5. The molecule has 0 bridgehead atoms. The van der Waals surface area contributed by atoms with Gasteiger partial charge >= 0.3 is 0 Å². The van der Waals surface area contributed by atoms with Crippen LogP contribution in [0.25, 0.3) is 0 Å². The van der Waals surface area contributed by atoms with Gasteiger partial charge in [-0.25, -0.2) is 4.68 Å². The first-order chi connectivity index (χ1) is 8.22. The Hall–Kier alpha value is -1.46. The summed E-state index contributed by atoms with van der Waals surface area (Å²) < 4.78 is 1.75. The third kappa shape index (κ3) is 2.62. The topological polar surface area (TPSA) is 55.6 Å². The van der Waals surface area contributed by atoms with Crippen molar-refractivity contribution >= 4 is 11.6 Å². The van der Waals surface area contributed by atoms with Gasteiger partial charge in [-0.3, -0.25) is 0 Å². The van der Waals surface area contributed by atoms with Gasteiger partial charge in [0.1, 0.15) is 0 Å². The van der Waals surface area contributed by atoms with Gasteiger partial charge in [-0.1, -0.05) is 29.8 Å². The van der Waals surface area contributed by atoms with Crippen LogP contribution in [0.15, 0.2) is 24.3 Å². The monoisotopic (exact) mass is 251 g/mol. The summed E-state index contributed by atoms with van der Waals surface area (Å²) in [6.07, 6.45) is 0. The van der Waals surface area contributed by atoms with Crippen LogP contribution in [-0.4, -0.2) is 27.3 Å². The van der Waals surface area contributed by atoms with Crippen molar-refractivity contribution in [1.29, 1.82) is 0 Å². The fourth-order valence-corrected chi connectivity index (χ4v) is 1.75. The number of nitrogens with one attached hydrogen (secondary N) is 1. The molecule has 17 heavy (non-hydrogen) atoms. The average Bonchev–Trinajstić information content (AvgIpc) is 2.79. The predicted octanol–water partition coefficient (Wildman–Crippen LogP) is 1.66. The smallest absolute Gasteiger partial charge is 0.168 e. The molecule has 6 heteroatoms. The standard InChI is InChI=1S/C11H14ClN5/c1-8(13-2)11-14-15-16-17(11)7-9-5-3-4-6-10(9)12/h3-6,8,13H,7H2,1-2H3. The fourth-order valence-electron chi connectivity index (χ4n) is 1.55. The Morgan fingerprint density at radius 3 is 2.88 bits per heavy atom. The van der Waals surface area contributed by atoms with E-state index in [1.807, 2.05) is 38.2 Å². The Balaban J connectivity index is 2.25. The molecule has 1 aromatic carbocycles. The second kappa shape index (κ2) is 5.25. The molecule has 5 nitrogen and oxygen atoms in total. The van der Waals surface area contributed by atoms with Crippen molar-refractivity contribution in [3.8, 4) is 0 Å². The molecule has 0 fully saturated rings. The Kier molecular flexibility index (Phi) is 3.71. The summed E-state index contributed by atoms with van der Waals surface area (Å²) in [6.45, 7) is 2.59. The molecule has 0 aliphatic rings. The normalized spacial score (nSPS) is 12.6. The van der Waals surface area contributed by atoms with E-state index in [4.69, 9.17) is 11.6 Å². The van der Waals surface area contributed by atoms with Gasteiger partial charge in [0.05, 0.1) is 12.6 Å². The molecule has 0 saturated carbocycles. The lowest BCUT2D eigenvalue weighted by Gasteiger charge is -2.10. The zero-order chi connectivity index (χ0) is 12.3. The maximum Gasteiger partial charge on any atom is 0.168 e. The summed E-state index contributed by atoms with van der Waals surface area (Å²) in [5.74, 6) is 0.799. The van der Waals surface area contributed by atoms with Crippen LogP contribution < -0.4 is 5.32 Å². The molecule has 0 aliphatic heterocycles. The molecule has 1 aromatic heterocycles. The summed E-state index contributed by atoms with van der Waals surface area (Å²) >= 11 is 6.11. The Morgan fingerprint density at radius 2 is 2.18 bits per heavy atom. The van der Waals surface area contributed by atoms with Crippen LogP contribution in [0.3, 0.4) is 0 Å². The third-order valence-corrected chi connectivity index (χ3v) is 3.03. The van der Waals surface area contributed by atoms with Crippen LogP contribution in [0.2, 0.25) is 5.02 Å². The molecule has 1 unspecified atom stereocenters. The van der Waals surface area contributed by atoms with E-state index in [9.17, 15) is 0 Å². The van der Waals surface area contributed by atoms with E-state index in [0.717, 1.165) is 16.4 Å². The third-order valence-electron chi connectivity index (χ3n) is 2.66. The molecule has 1 heterocycles. The molecule has 2 aromatic rings. The first-order valence-electron chi connectivity index (χ1n) is 5.39. The number of hydrogen-bond acceptors (Lipinski definition) is 4. The number of nitrogens with zero attached hydrogens (tertiary/aromatic N) is 4. The van der Waals surface area contributed by atoms with Gasteiger partial charge in [0.15, 0.2) is 5.82 Å². The van der Waals surface area contributed by atoms with Crippen molar-refractivity contribution in [2.45, 2.75) is 19.5 Å². The highest BCUT2D eigenvalue weighted by Gasteiger charge is 2.13. The summed E-state index contributed by atoms with van der Waals surface area (Å²) in [7, 11) is 1.87. The van der Waals surface area contributed by atoms with Gasteiger partial charge < -0.3 is 5.32 Å². The van der Waals surface area contributed by atoms with Crippen molar-refractivity contribution in [1.82, 2.24) is 25.5 Å². The first kappa shape index (κ1) is 12.0. The van der Waals surface area contributed by atoms with E-state index in [1.54, 1.807) is 4.68 Å². The van der Waals surface area contributed by atoms with Crippen LogP contribution in [0.5, 0.6) is 0 Å². The molecule has 2 rings (SSSR count). The van der Waals surface area contributed by atoms with Crippen molar-refractivity contribution in [2.24, 2.45) is 0 Å². The molecule has 1 N–H and O–H groups in total. The SMILES string of the molecule is CNC(C)c1nnnn1Cc1ccccc1Cl. The maximum absolute atomic E-state index is 6.11. The fraction of sp³-hybridized carbons (Fsp3) is 0.364. The van der Waals surface area contributed by atoms with Crippen molar-refractivity contribution < 1.29 is 0 Å². The lowest BCUT2D eigenvalue weighted by Crippen LogP contribution is -2.19. The summed E-state index contributed by atoms with van der Waals surface area (Å²) in [5.41, 5.74) is 1.01. The van der Waals surface area contributed by atoms with Gasteiger partial charge in [-0.05, 0) is 36.0 Å². The van der Waals surface area contributed by atoms with Crippen molar-refractivity contribution in [3.05, 3.63) is 40.7 Å². The highest BCUT2D eigenvalue weighted by atomic mass is 35.5. The van der Waals surface area contributed by atoms with E-state index in [1.165, 1.54) is 0 Å². The van der Waals surface area contributed by atoms with Crippen molar-refractivity contribution in [2.75, 3.05) is 7.05 Å². The van der Waals surface area contributed by atoms with Crippen LogP contribution in [0.4, 0.5) is 0 Å². The van der Waals surface area contributed by atoms with E-state index in [-0.39, 0.29) is 6.04 Å². The zero-order valence-electron chi connectivity index (χ0n) is 9.76. The molecule has 0 spiro atoms. The highest BCUT2D eigenvalue weighted by Crippen LogP contribution is 2.17. The number of aromatic nitrogens is 4. The van der Waals surface area contributed by atoms with Crippen molar-refractivity contribution in [3.63, 3.8) is 0 Å². The van der Waals surface area contributed by atoms with Gasteiger partial charge in [0, 0.05) is 5.02 Å². The predicted molar refractivity (Wildman–Crippen MR) is 65.8 cm³/mol. The molecule has 0 amide bonds. The molecule has 90 valence electrons. The Bertz CT molecular complexity index is 496. The lowest BCUT2D eigenvalue weighted by atomic mass is 10.2. The first-order valence-corrected chi connectivity index (χ1v) is 5.77. The highest BCUT2D eigenvalue weighted by molar-refractivity contribution is 6.31. The minimum absolute atomic E-state index is 0.104. The molecule has 0 aliphatic carbocycles. The molecule has 0 saturated heterocycles. The zero-order valence-corrected chi connectivity index (χ0v) is 10.5. The molecule has 1 atom stereocenters. The second-order valence-corrected chi connectivity index (χ2v) is 4.20. The van der Waals surface area contributed by atoms with E-state index in [0.29, 0.717) is 6.54 Å². The largest absolute Gasteiger partial charge is 0.311 e. The van der Waals surface area contributed by atoms with E-state index < -0.39 is 0 Å². The van der Waals surface area contributed by atoms with Crippen LogP contribution >= 0.6 is 11.6 Å². The number of rotatable bonds is 4. The van der Waals surface area contributed by atoms with E-state index >= 15 is 0 Å². The van der Waals surface area contributed by atoms with Gasteiger partial charge in [-0.15, -0.1) is 5.10 Å². The van der Waals surface area contributed by atoms with Crippen LogP contribution in [0.1, 0.15) is 24.4 Å². The van der Waals surface area contributed by atoms with Crippen LogP contribution in [0, 0.1) is 0 Å². The summed E-state index contributed by atoms with van der Waals surface area (Å²) in [4.78, 5) is 0. The van der Waals surface area contributed by atoms with Gasteiger partial charge in [-0.2, -0.15) is 0 Å². The van der Waals surface area contributed by atoms with Gasteiger partial charge in [0.25, 0.3) is 0 Å². The quantitative estimate of drug-likeness (QED) is 0.898. The van der Waals surface area contributed by atoms with Crippen LogP contribution in [-0.2, 0) is 6.54 Å². The lowest BCUT2D eigenvalue weighted by molar-refractivity contribution is 0.540. The number of benzene rings is 1. The average molecular weight is 252 g/mol. The minimum Gasteiger partial charge on any atom is -0.311 e. The number of hydrogen-bond donors (Lipinski definition) is 1.